The molecule has 4 heteroatoms. The maximum absolute atomic E-state index is 2.25. The number of aryl methyl sites for hydroxylation is 1. The average Bonchev–Trinajstić information content (AvgIpc) is 2.40. The normalized spacial score (nSPS) is 11.0. The van der Waals surface area contributed by atoms with Gasteiger partial charge in [-0.2, -0.15) is 2.78 Å². The highest BCUT2D eigenvalue weighted by atomic mass is 127. The van der Waals surface area contributed by atoms with Crippen molar-refractivity contribution in [1.29, 1.82) is 0 Å². The number of halogens is 1. The molecule has 0 fully saturated rings. The summed E-state index contributed by atoms with van der Waals surface area (Å²) in [5.74, 6) is 1.18. The third kappa shape index (κ3) is 0.681. The molecule has 2 aromatic rings. The summed E-state index contributed by atoms with van der Waals surface area (Å²) in [6, 6.07) is 0. The molecule has 0 spiro atoms. The first-order chi connectivity index (χ1) is 4.79. The molecule has 0 aromatic carbocycles. The molecule has 0 aliphatic carbocycles. The Morgan fingerprint density at radius 2 is 2.20 bits per heavy atom. The molecule has 10 heavy (non-hydrogen) atoms. The average molecular weight is 248 g/mol. The molecular formula is C6H7IN3+. The summed E-state index contributed by atoms with van der Waals surface area (Å²) in [5, 5.41) is 0. The minimum Gasteiger partial charge on any atom is -0.237 e. The molecular weight excluding hydrogens is 241 g/mol. The first-order valence-electron chi connectivity index (χ1n) is 2.99. The topological polar surface area (TPSA) is 13.2 Å². The van der Waals surface area contributed by atoms with Crippen molar-refractivity contribution in [2.45, 2.75) is 0 Å². The predicted octanol–water partition coefficient (Wildman–Crippen LogP) is 0.763. The number of imidazole rings is 2. The Bertz CT molecular complexity index is 328. The van der Waals surface area contributed by atoms with Crippen LogP contribution in [-0.2, 0) is 7.05 Å². The molecule has 3 nitrogen and oxygen atoms in total. The summed E-state index contributed by atoms with van der Waals surface area (Å²) in [6.07, 6.45) is 8.12. The maximum atomic E-state index is 2.25. The number of nitrogens with zero attached hydrogens (tertiary/aromatic N) is 3. The van der Waals surface area contributed by atoms with Crippen LogP contribution < -0.4 is 2.78 Å². The van der Waals surface area contributed by atoms with E-state index < -0.39 is 0 Å². The number of rotatable bonds is 0. The lowest BCUT2D eigenvalue weighted by Crippen LogP contribution is -2.18. The van der Waals surface area contributed by atoms with Gasteiger partial charge in [-0.15, -0.1) is 0 Å². The molecule has 2 heterocycles. The van der Waals surface area contributed by atoms with Crippen LogP contribution in [-0.4, -0.2) is 8.97 Å². The first-order valence-corrected chi connectivity index (χ1v) is 3.95. The molecule has 0 unspecified atom stereocenters. The van der Waals surface area contributed by atoms with E-state index in [0.717, 1.165) is 0 Å². The minimum atomic E-state index is 1.18. The molecule has 0 radical (unpaired) electrons. The molecule has 52 valence electrons. The molecule has 0 atom stereocenters. The smallest absolute Gasteiger partial charge is 0.237 e. The molecule has 0 amide bonds. The lowest BCUT2D eigenvalue weighted by Gasteiger charge is -1.82. The summed E-state index contributed by atoms with van der Waals surface area (Å²) >= 11 is 2.25. The van der Waals surface area contributed by atoms with Gasteiger partial charge in [0.25, 0.3) is 0 Å². The van der Waals surface area contributed by atoms with Crippen LogP contribution in [0.25, 0.3) is 5.78 Å². The van der Waals surface area contributed by atoms with Crippen molar-refractivity contribution in [2.75, 3.05) is 0 Å². The largest absolute Gasteiger partial charge is 0.377 e. The fraction of sp³-hybridized carbons (Fsp3) is 0.167. The Labute approximate surface area is 72.4 Å². The Hall–Kier alpha value is -0.520. The van der Waals surface area contributed by atoms with E-state index in [1.54, 1.807) is 0 Å². The van der Waals surface area contributed by atoms with Crippen molar-refractivity contribution in [3.63, 3.8) is 0 Å². The van der Waals surface area contributed by atoms with Crippen molar-refractivity contribution >= 4 is 28.6 Å². The van der Waals surface area contributed by atoms with E-state index in [4.69, 9.17) is 0 Å². The second kappa shape index (κ2) is 1.98. The third-order valence-electron chi connectivity index (χ3n) is 1.55. The van der Waals surface area contributed by atoms with Crippen molar-refractivity contribution in [1.82, 2.24) is 8.97 Å². The number of hydrogen-bond acceptors (Lipinski definition) is 0. The first kappa shape index (κ1) is 6.21. The number of hydrogen-bond donors (Lipinski definition) is 0. The van der Waals surface area contributed by atoms with Crippen molar-refractivity contribution in [2.24, 2.45) is 7.05 Å². The standard InChI is InChI=1S/C6H7IN3/c1-8-2-3-9-4-5-10(7)6(8)9/h2-5H,1H3/q+1. The van der Waals surface area contributed by atoms with Crippen LogP contribution in [0.2, 0.25) is 0 Å². The number of aromatic nitrogens is 3. The van der Waals surface area contributed by atoms with E-state index in [2.05, 4.69) is 34.6 Å². The summed E-state index contributed by atoms with van der Waals surface area (Å²) in [7, 11) is 2.03. The van der Waals surface area contributed by atoms with Crippen LogP contribution in [0.1, 0.15) is 0 Å². The number of fused-ring (bicyclic) bond motifs is 1. The molecule has 0 aliphatic heterocycles. The van der Waals surface area contributed by atoms with Gasteiger partial charge >= 0.3 is 5.78 Å². The van der Waals surface area contributed by atoms with Crippen molar-refractivity contribution in [3.05, 3.63) is 24.8 Å². The molecule has 0 aliphatic rings. The maximum Gasteiger partial charge on any atom is 0.377 e. The molecule has 2 aromatic heterocycles. The highest BCUT2D eigenvalue weighted by Gasteiger charge is 2.08. The van der Waals surface area contributed by atoms with Crippen molar-refractivity contribution in [3.8, 4) is 0 Å². The molecule has 0 N–H and O–H groups in total. The molecule has 2 rings (SSSR count). The van der Waals surface area contributed by atoms with Crippen molar-refractivity contribution < 1.29 is 2.78 Å². The second-order valence-electron chi connectivity index (χ2n) is 2.23. The highest BCUT2D eigenvalue weighted by Crippen LogP contribution is 1.98. The quantitative estimate of drug-likeness (QED) is 0.611. The Balaban J connectivity index is 2.98. The van der Waals surface area contributed by atoms with Crippen LogP contribution in [0, 0.1) is 0 Å². The van der Waals surface area contributed by atoms with Gasteiger partial charge in [-0.3, -0.25) is 0 Å². The lowest BCUT2D eigenvalue weighted by molar-refractivity contribution is -0.411. The van der Waals surface area contributed by atoms with Gasteiger partial charge < -0.3 is 0 Å². The van der Waals surface area contributed by atoms with E-state index in [0.29, 0.717) is 0 Å². The second-order valence-corrected chi connectivity index (χ2v) is 3.27. The van der Waals surface area contributed by atoms with Gasteiger partial charge in [-0.1, -0.05) is 0 Å². The van der Waals surface area contributed by atoms with E-state index in [9.17, 15) is 0 Å². The van der Waals surface area contributed by atoms with Crippen LogP contribution in [0.15, 0.2) is 24.8 Å². The summed E-state index contributed by atoms with van der Waals surface area (Å²) in [4.78, 5) is 0. The van der Waals surface area contributed by atoms with Gasteiger partial charge in [0, 0.05) is 0 Å². The zero-order valence-electron chi connectivity index (χ0n) is 5.53. The Morgan fingerprint density at radius 1 is 1.40 bits per heavy atom. The third-order valence-corrected chi connectivity index (χ3v) is 2.30. The van der Waals surface area contributed by atoms with Gasteiger partial charge in [0.05, 0.1) is 13.2 Å². The van der Waals surface area contributed by atoms with Crippen LogP contribution in [0.5, 0.6) is 0 Å². The highest BCUT2D eigenvalue weighted by molar-refractivity contribution is 14.1. The molecule has 0 saturated heterocycles. The summed E-state index contributed by atoms with van der Waals surface area (Å²) in [5.41, 5.74) is 0. The van der Waals surface area contributed by atoms with Gasteiger partial charge in [0.2, 0.25) is 0 Å². The zero-order valence-corrected chi connectivity index (χ0v) is 7.69. The van der Waals surface area contributed by atoms with E-state index in [1.807, 2.05) is 31.8 Å². The van der Waals surface area contributed by atoms with E-state index in [-0.39, 0.29) is 0 Å². The summed E-state index contributed by atoms with van der Waals surface area (Å²) in [6.45, 7) is 0. The minimum absolute atomic E-state index is 1.18. The van der Waals surface area contributed by atoms with Gasteiger partial charge in [0.15, 0.2) is 22.9 Å². The van der Waals surface area contributed by atoms with Gasteiger partial charge in [0.1, 0.15) is 18.6 Å². The Kier molecular flexibility index (Phi) is 1.23. The molecule has 0 bridgehead atoms. The van der Waals surface area contributed by atoms with Crippen LogP contribution in [0.4, 0.5) is 0 Å². The lowest BCUT2D eigenvalue weighted by atomic mass is 10.9. The molecule has 0 saturated carbocycles. The van der Waals surface area contributed by atoms with E-state index >= 15 is 0 Å². The van der Waals surface area contributed by atoms with Gasteiger partial charge in [-0.25, -0.2) is 8.97 Å². The van der Waals surface area contributed by atoms with Crippen LogP contribution in [0.3, 0.4) is 0 Å². The van der Waals surface area contributed by atoms with E-state index in [1.165, 1.54) is 5.78 Å². The fourth-order valence-corrected chi connectivity index (χ4v) is 1.79. The Morgan fingerprint density at radius 3 is 2.90 bits per heavy atom. The fourth-order valence-electron chi connectivity index (χ4n) is 1.06. The summed E-state index contributed by atoms with van der Waals surface area (Å²) < 4.78 is 6.20. The monoisotopic (exact) mass is 248 g/mol. The van der Waals surface area contributed by atoms with Crippen LogP contribution >= 0.6 is 22.9 Å². The van der Waals surface area contributed by atoms with Gasteiger partial charge in [-0.05, 0) is 0 Å². The zero-order chi connectivity index (χ0) is 7.14. The SMILES string of the molecule is Cn1ccn2cc[n+](I)c12. The predicted molar refractivity (Wildman–Crippen MR) is 46.0 cm³/mol.